The molecule has 26 heavy (non-hydrogen) atoms. The lowest BCUT2D eigenvalue weighted by Crippen LogP contribution is -2.38. The van der Waals surface area contributed by atoms with Gasteiger partial charge in [0, 0.05) is 12.3 Å². The van der Waals surface area contributed by atoms with Crippen LogP contribution in [-0.2, 0) is 14.3 Å². The molecule has 4 rings (SSSR count). The summed E-state index contributed by atoms with van der Waals surface area (Å²) >= 11 is 0. The second-order valence-electron chi connectivity index (χ2n) is 6.02. The molecule has 2 aliphatic rings. The molecule has 0 aromatic heterocycles. The van der Waals surface area contributed by atoms with Crippen molar-refractivity contribution in [3.05, 3.63) is 71.4 Å². The lowest BCUT2D eigenvalue weighted by molar-refractivity contribution is -0.139. The number of amides is 1. The highest BCUT2D eigenvalue weighted by molar-refractivity contribution is 6.06. The van der Waals surface area contributed by atoms with Gasteiger partial charge in [-0.15, -0.1) is 0 Å². The molecule has 0 spiro atoms. The van der Waals surface area contributed by atoms with Crippen molar-refractivity contribution in [2.24, 2.45) is 0 Å². The summed E-state index contributed by atoms with van der Waals surface area (Å²) in [6, 6.07) is 13.1. The van der Waals surface area contributed by atoms with Gasteiger partial charge >= 0.3 is 5.97 Å². The van der Waals surface area contributed by atoms with Crippen LogP contribution in [-0.4, -0.2) is 18.5 Å². The summed E-state index contributed by atoms with van der Waals surface area (Å²) in [5.41, 5.74) is 1.00. The van der Waals surface area contributed by atoms with Crippen molar-refractivity contribution in [1.82, 2.24) is 0 Å². The van der Waals surface area contributed by atoms with E-state index in [2.05, 4.69) is 0 Å². The van der Waals surface area contributed by atoms with Gasteiger partial charge in [-0.2, -0.15) is 0 Å². The normalized spacial score (nSPS) is 18.3. The number of hydrogen-bond acceptors (Lipinski definition) is 4. The van der Waals surface area contributed by atoms with Gasteiger partial charge in [-0.25, -0.2) is 14.1 Å². The SMILES string of the molecule is CCOC(=O)C1=C2Oc3ccccc3N2C(=O)C[C@@H]1c1ccccc1F. The lowest BCUT2D eigenvalue weighted by atomic mass is 9.85. The smallest absolute Gasteiger partial charge is 0.340 e. The quantitative estimate of drug-likeness (QED) is 0.793. The minimum absolute atomic E-state index is 0.0454. The van der Waals surface area contributed by atoms with Crippen LogP contribution < -0.4 is 9.64 Å². The number of halogens is 1. The van der Waals surface area contributed by atoms with Crippen LogP contribution in [0.15, 0.2) is 60.0 Å². The van der Waals surface area contributed by atoms with Crippen LogP contribution in [0.25, 0.3) is 0 Å². The van der Waals surface area contributed by atoms with Gasteiger partial charge in [0.1, 0.15) is 11.4 Å². The fourth-order valence-electron chi connectivity index (χ4n) is 3.39. The van der Waals surface area contributed by atoms with Crippen LogP contribution in [0.3, 0.4) is 0 Å². The molecule has 0 aliphatic carbocycles. The average Bonchev–Trinajstić information content (AvgIpc) is 3.02. The summed E-state index contributed by atoms with van der Waals surface area (Å²) in [4.78, 5) is 26.8. The fourth-order valence-corrected chi connectivity index (χ4v) is 3.39. The van der Waals surface area contributed by atoms with Crippen molar-refractivity contribution < 1.29 is 23.5 Å². The molecule has 6 heteroatoms. The first kappa shape index (κ1) is 16.3. The van der Waals surface area contributed by atoms with E-state index in [9.17, 15) is 14.0 Å². The van der Waals surface area contributed by atoms with Crippen molar-refractivity contribution in [2.75, 3.05) is 11.5 Å². The van der Waals surface area contributed by atoms with Gasteiger partial charge in [-0.1, -0.05) is 30.3 Å². The molecule has 0 saturated carbocycles. The number of carbonyl (C=O) groups is 2. The van der Waals surface area contributed by atoms with Crippen LogP contribution in [0.5, 0.6) is 5.75 Å². The zero-order valence-corrected chi connectivity index (χ0v) is 14.1. The Morgan fingerprint density at radius 3 is 2.73 bits per heavy atom. The van der Waals surface area contributed by atoms with E-state index >= 15 is 0 Å². The Balaban J connectivity index is 1.91. The average molecular weight is 353 g/mol. The number of para-hydroxylation sites is 2. The van der Waals surface area contributed by atoms with Gasteiger partial charge in [0.05, 0.1) is 12.3 Å². The summed E-state index contributed by atoms with van der Waals surface area (Å²) in [7, 11) is 0. The van der Waals surface area contributed by atoms with Crippen LogP contribution in [0, 0.1) is 5.82 Å². The Bertz CT molecular complexity index is 937. The maximum absolute atomic E-state index is 14.4. The largest absolute Gasteiger partial charge is 0.462 e. The van der Waals surface area contributed by atoms with Crippen LogP contribution in [0.4, 0.5) is 10.1 Å². The minimum Gasteiger partial charge on any atom is -0.462 e. The highest BCUT2D eigenvalue weighted by Crippen LogP contribution is 2.47. The molecule has 0 fully saturated rings. The molecule has 0 saturated heterocycles. The lowest BCUT2D eigenvalue weighted by Gasteiger charge is -2.30. The van der Waals surface area contributed by atoms with Crippen LogP contribution >= 0.6 is 0 Å². The molecule has 2 heterocycles. The molecular weight excluding hydrogens is 337 g/mol. The zero-order chi connectivity index (χ0) is 18.3. The number of carbonyl (C=O) groups excluding carboxylic acids is 2. The van der Waals surface area contributed by atoms with Gasteiger partial charge in [-0.05, 0) is 30.7 Å². The van der Waals surface area contributed by atoms with Gasteiger partial charge in [0.25, 0.3) is 0 Å². The number of esters is 1. The third-order valence-corrected chi connectivity index (χ3v) is 4.50. The van der Waals surface area contributed by atoms with E-state index in [1.54, 1.807) is 49.4 Å². The first-order valence-electron chi connectivity index (χ1n) is 8.37. The Hall–Kier alpha value is -3.15. The summed E-state index contributed by atoms with van der Waals surface area (Å²) in [6.07, 6.45) is -0.0454. The van der Waals surface area contributed by atoms with E-state index in [-0.39, 0.29) is 36.0 Å². The molecule has 1 amide bonds. The van der Waals surface area contributed by atoms with Crippen molar-refractivity contribution in [1.29, 1.82) is 0 Å². The van der Waals surface area contributed by atoms with E-state index < -0.39 is 17.7 Å². The van der Waals surface area contributed by atoms with Gasteiger partial charge in [0.2, 0.25) is 11.8 Å². The standard InChI is InChI=1S/C20H16FNO4/c1-2-25-20(24)18-13(12-7-3-4-8-14(12)21)11-17(23)22-15-9-5-6-10-16(15)26-19(18)22/h3-10,13H,2,11H2,1H3/t13-/m1/s1. The number of hydrogen-bond donors (Lipinski definition) is 0. The summed E-state index contributed by atoms with van der Waals surface area (Å²) < 4.78 is 25.4. The van der Waals surface area contributed by atoms with Crippen molar-refractivity contribution in [3.63, 3.8) is 0 Å². The maximum Gasteiger partial charge on any atom is 0.340 e. The predicted molar refractivity (Wildman–Crippen MR) is 92.0 cm³/mol. The molecule has 2 aromatic carbocycles. The maximum atomic E-state index is 14.4. The number of anilines is 1. The van der Waals surface area contributed by atoms with Crippen molar-refractivity contribution in [3.8, 4) is 5.75 Å². The Labute approximate surface area is 149 Å². The summed E-state index contributed by atoms with van der Waals surface area (Å²) in [5, 5.41) is 0. The summed E-state index contributed by atoms with van der Waals surface area (Å²) in [5.74, 6) is -1.52. The topological polar surface area (TPSA) is 55.8 Å². The predicted octanol–water partition coefficient (Wildman–Crippen LogP) is 3.51. The van der Waals surface area contributed by atoms with Gasteiger partial charge in [0.15, 0.2) is 5.75 Å². The van der Waals surface area contributed by atoms with E-state index in [0.717, 1.165) is 0 Å². The summed E-state index contributed by atoms with van der Waals surface area (Å²) in [6.45, 7) is 1.86. The van der Waals surface area contributed by atoms with Crippen LogP contribution in [0.2, 0.25) is 0 Å². The highest BCUT2D eigenvalue weighted by atomic mass is 19.1. The first-order chi connectivity index (χ1) is 12.6. The van der Waals surface area contributed by atoms with Crippen molar-refractivity contribution >= 4 is 17.6 Å². The Morgan fingerprint density at radius 1 is 1.23 bits per heavy atom. The van der Waals surface area contributed by atoms with E-state index in [4.69, 9.17) is 9.47 Å². The van der Waals surface area contributed by atoms with Crippen molar-refractivity contribution in [2.45, 2.75) is 19.3 Å². The molecule has 0 N–H and O–H groups in total. The molecule has 1 atom stereocenters. The molecule has 0 radical (unpaired) electrons. The first-order valence-corrected chi connectivity index (χ1v) is 8.37. The number of rotatable bonds is 3. The monoisotopic (exact) mass is 353 g/mol. The second kappa shape index (κ2) is 6.29. The molecule has 0 bridgehead atoms. The van der Waals surface area contributed by atoms with Gasteiger partial charge < -0.3 is 9.47 Å². The molecule has 0 unspecified atom stereocenters. The Kier molecular flexibility index (Phi) is 3.95. The second-order valence-corrected chi connectivity index (χ2v) is 6.02. The molecular formula is C20H16FNO4. The van der Waals surface area contributed by atoms with E-state index in [1.165, 1.54) is 11.0 Å². The number of nitrogens with zero attached hydrogens (tertiary/aromatic N) is 1. The number of ether oxygens (including phenoxy) is 2. The third-order valence-electron chi connectivity index (χ3n) is 4.50. The molecule has 2 aliphatic heterocycles. The Morgan fingerprint density at radius 2 is 1.96 bits per heavy atom. The minimum atomic E-state index is -0.761. The van der Waals surface area contributed by atoms with Crippen LogP contribution in [0.1, 0.15) is 24.8 Å². The molecule has 132 valence electrons. The highest BCUT2D eigenvalue weighted by Gasteiger charge is 2.45. The number of fused-ring (bicyclic) bond motifs is 3. The molecule has 5 nitrogen and oxygen atoms in total. The number of benzene rings is 2. The fraction of sp³-hybridized carbons (Fsp3) is 0.200. The third kappa shape index (κ3) is 2.45. The zero-order valence-electron chi connectivity index (χ0n) is 14.1. The molecule has 2 aromatic rings. The van der Waals surface area contributed by atoms with Gasteiger partial charge in [-0.3, -0.25) is 4.79 Å². The van der Waals surface area contributed by atoms with E-state index in [1.807, 2.05) is 0 Å². The van der Waals surface area contributed by atoms with E-state index in [0.29, 0.717) is 11.4 Å².